The molecule has 0 fully saturated rings. The average molecular weight is 244 g/mol. The molecule has 5 heteroatoms. The second kappa shape index (κ2) is 5.46. The molecular weight excluding hydrogens is 228 g/mol. The lowest BCUT2D eigenvalue weighted by atomic mass is 10.0. The molecule has 0 aliphatic carbocycles. The van der Waals surface area contributed by atoms with Crippen LogP contribution in [0.4, 0.5) is 5.69 Å². The van der Waals surface area contributed by atoms with E-state index < -0.39 is 0 Å². The smallest absolute Gasteiger partial charge is 0.226 e. The van der Waals surface area contributed by atoms with Crippen LogP contribution in [0.2, 0.25) is 0 Å². The molecule has 94 valence electrons. The molecule has 18 heavy (non-hydrogen) atoms. The fourth-order valence-corrected chi connectivity index (χ4v) is 1.72. The van der Waals surface area contributed by atoms with Gasteiger partial charge in [-0.25, -0.2) is 0 Å². The molecule has 0 saturated carbocycles. The monoisotopic (exact) mass is 244 g/mol. The Labute approximate surface area is 106 Å². The lowest BCUT2D eigenvalue weighted by molar-refractivity contribution is -0.116. The molecule has 1 unspecified atom stereocenters. The predicted molar refractivity (Wildman–Crippen MR) is 69.8 cm³/mol. The number of hydrogen-bond donors (Lipinski definition) is 2. The topological polar surface area (TPSA) is 72.9 Å². The highest BCUT2D eigenvalue weighted by atomic mass is 16.1. The summed E-state index contributed by atoms with van der Waals surface area (Å²) in [6.07, 6.45) is 3.59. The van der Waals surface area contributed by atoms with E-state index in [1.807, 2.05) is 30.3 Å². The molecule has 1 aromatic heterocycles. The van der Waals surface area contributed by atoms with Crippen molar-refractivity contribution >= 4 is 11.6 Å². The minimum atomic E-state index is -0.289. The number of aromatic nitrogens is 2. The Morgan fingerprint density at radius 3 is 2.78 bits per heavy atom. The first-order chi connectivity index (χ1) is 8.65. The molecule has 0 radical (unpaired) electrons. The molecule has 2 rings (SSSR count). The largest absolute Gasteiger partial charge is 0.324 e. The Kier molecular flexibility index (Phi) is 3.74. The van der Waals surface area contributed by atoms with E-state index in [0.29, 0.717) is 5.69 Å². The van der Waals surface area contributed by atoms with E-state index in [0.717, 1.165) is 5.56 Å². The van der Waals surface area contributed by atoms with Crippen LogP contribution in [0.1, 0.15) is 18.0 Å². The van der Waals surface area contributed by atoms with Crippen LogP contribution < -0.4 is 11.1 Å². The van der Waals surface area contributed by atoms with E-state index in [9.17, 15) is 4.79 Å². The number of nitrogens with two attached hydrogens (primary N) is 1. The SMILES string of the molecule is Cn1cc(NC(=O)CC(N)c2ccccc2)cn1. The van der Waals surface area contributed by atoms with Crippen LogP contribution in [0.25, 0.3) is 0 Å². The summed E-state index contributed by atoms with van der Waals surface area (Å²) in [6, 6.07) is 9.29. The minimum Gasteiger partial charge on any atom is -0.324 e. The number of nitrogens with zero attached hydrogens (tertiary/aromatic N) is 2. The van der Waals surface area contributed by atoms with Crippen molar-refractivity contribution in [2.45, 2.75) is 12.5 Å². The number of hydrogen-bond acceptors (Lipinski definition) is 3. The van der Waals surface area contributed by atoms with Crippen molar-refractivity contribution in [3.05, 3.63) is 48.3 Å². The molecule has 1 aromatic carbocycles. The van der Waals surface area contributed by atoms with Crippen molar-refractivity contribution in [3.8, 4) is 0 Å². The van der Waals surface area contributed by atoms with Gasteiger partial charge >= 0.3 is 0 Å². The van der Waals surface area contributed by atoms with E-state index >= 15 is 0 Å². The van der Waals surface area contributed by atoms with Crippen LogP contribution >= 0.6 is 0 Å². The lowest BCUT2D eigenvalue weighted by Crippen LogP contribution is -2.20. The van der Waals surface area contributed by atoms with Gasteiger partial charge in [0.2, 0.25) is 5.91 Å². The summed E-state index contributed by atoms with van der Waals surface area (Å²) in [4.78, 5) is 11.8. The summed E-state index contributed by atoms with van der Waals surface area (Å²) in [6.45, 7) is 0. The highest BCUT2D eigenvalue weighted by Crippen LogP contribution is 2.14. The summed E-state index contributed by atoms with van der Waals surface area (Å²) in [5.74, 6) is -0.112. The number of anilines is 1. The summed E-state index contributed by atoms with van der Waals surface area (Å²) in [7, 11) is 1.80. The first kappa shape index (κ1) is 12.3. The summed E-state index contributed by atoms with van der Waals surface area (Å²) in [5, 5.41) is 6.74. The third kappa shape index (κ3) is 3.18. The molecule has 3 N–H and O–H groups in total. The molecule has 2 aromatic rings. The number of nitrogens with one attached hydrogen (secondary N) is 1. The van der Waals surface area contributed by atoms with Gasteiger partial charge < -0.3 is 11.1 Å². The van der Waals surface area contributed by atoms with E-state index in [1.165, 1.54) is 0 Å². The quantitative estimate of drug-likeness (QED) is 0.855. The maximum Gasteiger partial charge on any atom is 0.226 e. The lowest BCUT2D eigenvalue weighted by Gasteiger charge is -2.11. The Morgan fingerprint density at radius 1 is 1.44 bits per heavy atom. The number of carbonyl (C=O) groups is 1. The second-order valence-corrected chi connectivity index (χ2v) is 4.17. The van der Waals surface area contributed by atoms with Crippen molar-refractivity contribution < 1.29 is 4.79 Å². The number of aryl methyl sites for hydroxylation is 1. The van der Waals surface area contributed by atoms with Crippen LogP contribution in [-0.4, -0.2) is 15.7 Å². The maximum atomic E-state index is 11.8. The van der Waals surface area contributed by atoms with Crippen molar-refractivity contribution in [3.63, 3.8) is 0 Å². The number of rotatable bonds is 4. The van der Waals surface area contributed by atoms with Crippen molar-refractivity contribution in [1.29, 1.82) is 0 Å². The van der Waals surface area contributed by atoms with Gasteiger partial charge in [0.05, 0.1) is 11.9 Å². The average Bonchev–Trinajstić information content (AvgIpc) is 2.75. The fourth-order valence-electron chi connectivity index (χ4n) is 1.72. The highest BCUT2D eigenvalue weighted by Gasteiger charge is 2.11. The standard InChI is InChI=1S/C13H16N4O/c1-17-9-11(8-15-17)16-13(18)7-12(14)10-5-3-2-4-6-10/h2-6,8-9,12H,7,14H2,1H3,(H,16,18). The van der Waals surface area contributed by atoms with Gasteiger partial charge in [-0.1, -0.05) is 30.3 Å². The first-order valence-corrected chi connectivity index (χ1v) is 5.74. The number of benzene rings is 1. The van der Waals surface area contributed by atoms with Crippen LogP contribution in [0, 0.1) is 0 Å². The third-order valence-electron chi connectivity index (χ3n) is 2.62. The van der Waals surface area contributed by atoms with Crippen LogP contribution in [-0.2, 0) is 11.8 Å². The summed E-state index contributed by atoms with van der Waals surface area (Å²) in [5.41, 5.74) is 7.61. The highest BCUT2D eigenvalue weighted by molar-refractivity contribution is 5.90. The molecule has 5 nitrogen and oxygen atoms in total. The number of amides is 1. The molecule has 0 spiro atoms. The van der Waals surface area contributed by atoms with E-state index in [1.54, 1.807) is 24.1 Å². The van der Waals surface area contributed by atoms with Gasteiger partial charge in [-0.15, -0.1) is 0 Å². The van der Waals surface area contributed by atoms with Crippen LogP contribution in [0.3, 0.4) is 0 Å². The van der Waals surface area contributed by atoms with Crippen molar-refractivity contribution in [2.75, 3.05) is 5.32 Å². The Bertz CT molecular complexity index is 521. The van der Waals surface area contributed by atoms with Crippen molar-refractivity contribution in [1.82, 2.24) is 9.78 Å². The van der Waals surface area contributed by atoms with Gasteiger partial charge in [-0.3, -0.25) is 9.48 Å². The molecule has 1 amide bonds. The zero-order valence-electron chi connectivity index (χ0n) is 10.2. The molecule has 1 heterocycles. The Hall–Kier alpha value is -2.14. The fraction of sp³-hybridized carbons (Fsp3) is 0.231. The molecule has 0 aliphatic heterocycles. The second-order valence-electron chi connectivity index (χ2n) is 4.17. The van der Waals surface area contributed by atoms with Gasteiger partial charge in [0.15, 0.2) is 0 Å². The summed E-state index contributed by atoms with van der Waals surface area (Å²) < 4.78 is 1.63. The molecule has 0 aliphatic rings. The number of carbonyl (C=O) groups excluding carboxylic acids is 1. The molecule has 0 saturated heterocycles. The molecule has 1 atom stereocenters. The van der Waals surface area contributed by atoms with E-state index in [-0.39, 0.29) is 18.4 Å². The van der Waals surface area contributed by atoms with Gasteiger partial charge in [-0.05, 0) is 5.56 Å². The third-order valence-corrected chi connectivity index (χ3v) is 2.62. The Balaban J connectivity index is 1.92. The zero-order chi connectivity index (χ0) is 13.0. The van der Waals surface area contributed by atoms with Gasteiger partial charge in [0.25, 0.3) is 0 Å². The first-order valence-electron chi connectivity index (χ1n) is 5.74. The normalized spacial score (nSPS) is 12.1. The Morgan fingerprint density at radius 2 is 2.17 bits per heavy atom. The van der Waals surface area contributed by atoms with E-state index in [4.69, 9.17) is 5.73 Å². The summed E-state index contributed by atoms with van der Waals surface area (Å²) >= 11 is 0. The van der Waals surface area contributed by atoms with Crippen LogP contribution in [0.15, 0.2) is 42.7 Å². The van der Waals surface area contributed by atoms with E-state index in [2.05, 4.69) is 10.4 Å². The van der Waals surface area contributed by atoms with Gasteiger partial charge in [-0.2, -0.15) is 5.10 Å². The van der Waals surface area contributed by atoms with Crippen molar-refractivity contribution in [2.24, 2.45) is 12.8 Å². The predicted octanol–water partition coefficient (Wildman–Crippen LogP) is 1.45. The maximum absolute atomic E-state index is 11.8. The van der Waals surface area contributed by atoms with Crippen LogP contribution in [0.5, 0.6) is 0 Å². The molecule has 0 bridgehead atoms. The minimum absolute atomic E-state index is 0.112. The van der Waals surface area contributed by atoms with Gasteiger partial charge in [0.1, 0.15) is 0 Å². The van der Waals surface area contributed by atoms with Gasteiger partial charge in [0, 0.05) is 25.7 Å². The zero-order valence-corrected chi connectivity index (χ0v) is 10.2. The molecular formula is C13H16N4O.